The molecule has 3 heterocycles. The Balaban J connectivity index is 1.97. The number of rotatable bonds is 4. The highest BCUT2D eigenvalue weighted by Gasteiger charge is 2.20. The van der Waals surface area contributed by atoms with Crippen molar-refractivity contribution in [3.05, 3.63) is 45.5 Å². The van der Waals surface area contributed by atoms with E-state index in [1.54, 1.807) is 24.4 Å². The summed E-state index contributed by atoms with van der Waals surface area (Å²) in [6.45, 7) is 1.87. The van der Waals surface area contributed by atoms with Crippen LogP contribution in [-0.2, 0) is 0 Å². The fourth-order valence-electron chi connectivity index (χ4n) is 3.54. The van der Waals surface area contributed by atoms with Crippen molar-refractivity contribution in [1.29, 1.82) is 0 Å². The first-order chi connectivity index (χ1) is 13.1. The Labute approximate surface area is 159 Å². The lowest BCUT2D eigenvalue weighted by Gasteiger charge is -2.11. The number of allylic oxidation sites excluding steroid dienone is 3. The molecule has 7 nitrogen and oxygen atoms in total. The van der Waals surface area contributed by atoms with Gasteiger partial charge in [0.1, 0.15) is 20.7 Å². The number of thiophene rings is 1. The van der Waals surface area contributed by atoms with Gasteiger partial charge in [0.15, 0.2) is 0 Å². The van der Waals surface area contributed by atoms with Crippen LogP contribution >= 0.6 is 11.3 Å². The van der Waals surface area contributed by atoms with E-state index in [-0.39, 0.29) is 17.7 Å². The van der Waals surface area contributed by atoms with E-state index in [1.165, 1.54) is 15.9 Å². The van der Waals surface area contributed by atoms with Crippen LogP contribution in [0.4, 0.5) is 0 Å². The van der Waals surface area contributed by atoms with Crippen molar-refractivity contribution in [1.82, 2.24) is 19.9 Å². The van der Waals surface area contributed by atoms with Crippen LogP contribution in [0.25, 0.3) is 33.0 Å². The summed E-state index contributed by atoms with van der Waals surface area (Å²) in [5.41, 5.74) is 6.71. The zero-order valence-electron chi connectivity index (χ0n) is 15.0. The van der Waals surface area contributed by atoms with Gasteiger partial charge < -0.3 is 16.2 Å². The molecule has 0 aromatic carbocycles. The molecule has 1 saturated carbocycles. The second-order valence-electron chi connectivity index (χ2n) is 6.61. The molecule has 1 fully saturated rings. The first-order valence-electron chi connectivity index (χ1n) is 8.98. The first-order valence-corrected chi connectivity index (χ1v) is 9.80. The van der Waals surface area contributed by atoms with Crippen molar-refractivity contribution in [2.75, 3.05) is 0 Å². The summed E-state index contributed by atoms with van der Waals surface area (Å²) in [6, 6.07) is 2.00. The zero-order chi connectivity index (χ0) is 19.0. The number of hydrogen-bond donors (Lipinski definition) is 3. The number of pyridine rings is 1. The molecule has 8 heteroatoms. The number of hydrogen-bond acceptors (Lipinski definition) is 7. The highest BCUT2D eigenvalue weighted by atomic mass is 32.1. The fraction of sp³-hybridized carbons (Fsp3) is 0.316. The van der Waals surface area contributed by atoms with Crippen LogP contribution in [-0.4, -0.2) is 25.7 Å². The van der Waals surface area contributed by atoms with E-state index in [9.17, 15) is 9.90 Å². The largest absolute Gasteiger partial charge is 0.494 e. The molecule has 0 bridgehead atoms. The Bertz CT molecular complexity index is 1170. The van der Waals surface area contributed by atoms with Gasteiger partial charge in [0.2, 0.25) is 5.88 Å². The van der Waals surface area contributed by atoms with Crippen molar-refractivity contribution in [2.24, 2.45) is 5.73 Å². The van der Waals surface area contributed by atoms with Crippen molar-refractivity contribution in [2.45, 2.75) is 38.6 Å². The van der Waals surface area contributed by atoms with Gasteiger partial charge in [-0.15, -0.1) is 11.3 Å². The number of nitrogens with one attached hydrogen (secondary N) is 1. The van der Waals surface area contributed by atoms with Gasteiger partial charge in [0.05, 0.1) is 10.9 Å². The third-order valence-corrected chi connectivity index (χ3v) is 5.91. The average molecular weight is 383 g/mol. The van der Waals surface area contributed by atoms with Crippen LogP contribution in [0.1, 0.15) is 32.6 Å². The maximum Gasteiger partial charge on any atom is 0.354 e. The van der Waals surface area contributed by atoms with Crippen LogP contribution in [0, 0.1) is 0 Å². The minimum Gasteiger partial charge on any atom is -0.494 e. The molecule has 1 aliphatic rings. The van der Waals surface area contributed by atoms with Gasteiger partial charge in [-0.25, -0.2) is 14.3 Å². The van der Waals surface area contributed by atoms with E-state index in [4.69, 9.17) is 5.73 Å². The summed E-state index contributed by atoms with van der Waals surface area (Å²) >= 11 is 1.32. The van der Waals surface area contributed by atoms with Crippen LogP contribution in [0.5, 0.6) is 0 Å². The molecule has 0 spiro atoms. The average Bonchev–Trinajstić information content (AvgIpc) is 3.28. The summed E-state index contributed by atoms with van der Waals surface area (Å²) in [4.78, 5) is 22.0. The minimum atomic E-state index is -0.485. The van der Waals surface area contributed by atoms with E-state index < -0.39 is 5.69 Å². The molecule has 4 N–H and O–H groups in total. The van der Waals surface area contributed by atoms with Gasteiger partial charge in [-0.2, -0.15) is 4.98 Å². The van der Waals surface area contributed by atoms with E-state index in [0.29, 0.717) is 20.4 Å². The summed E-state index contributed by atoms with van der Waals surface area (Å²) in [5, 5.41) is 14.6. The Morgan fingerprint density at radius 3 is 2.96 bits per heavy atom. The molecular weight excluding hydrogens is 362 g/mol. The van der Waals surface area contributed by atoms with Gasteiger partial charge in [0.25, 0.3) is 0 Å². The molecule has 27 heavy (non-hydrogen) atoms. The predicted octanol–water partition coefficient (Wildman–Crippen LogP) is 2.21. The third kappa shape index (κ3) is 3.06. The number of nitrogens with zero attached hydrogens (tertiary/aromatic N) is 3. The smallest absolute Gasteiger partial charge is 0.354 e. The molecule has 0 amide bonds. The Morgan fingerprint density at radius 1 is 1.44 bits per heavy atom. The molecule has 4 rings (SSSR count). The van der Waals surface area contributed by atoms with Gasteiger partial charge in [-0.1, -0.05) is 25.0 Å². The van der Waals surface area contributed by atoms with E-state index in [1.807, 2.05) is 13.0 Å². The van der Waals surface area contributed by atoms with Crippen molar-refractivity contribution in [3.63, 3.8) is 0 Å². The number of aromatic nitrogens is 3. The lowest BCUT2D eigenvalue weighted by Crippen LogP contribution is -2.30. The lowest BCUT2D eigenvalue weighted by molar-refractivity contribution is 0.430. The molecule has 1 aliphatic carbocycles. The Morgan fingerprint density at radius 2 is 2.22 bits per heavy atom. The number of nitrogens with two attached hydrogens (primary N) is 1. The Kier molecular flexibility index (Phi) is 4.57. The second kappa shape index (κ2) is 7.03. The van der Waals surface area contributed by atoms with Gasteiger partial charge >= 0.3 is 5.69 Å². The second-order valence-corrected chi connectivity index (χ2v) is 7.61. The molecule has 3 aromatic rings. The maximum absolute atomic E-state index is 12.7. The van der Waals surface area contributed by atoms with Gasteiger partial charge in [-0.05, 0) is 31.9 Å². The zero-order valence-corrected chi connectivity index (χ0v) is 15.8. The molecule has 0 saturated heterocycles. The molecule has 0 unspecified atom stereocenters. The molecule has 0 aliphatic heterocycles. The number of aliphatic hydroxyl groups excluding tert-OH is 1. The molecule has 3 aromatic heterocycles. The van der Waals surface area contributed by atoms with Crippen molar-refractivity contribution >= 4 is 44.3 Å². The fourth-order valence-corrected chi connectivity index (χ4v) is 4.55. The summed E-state index contributed by atoms with van der Waals surface area (Å²) in [6.07, 6.45) is 11.3. The quantitative estimate of drug-likeness (QED) is 0.597. The van der Waals surface area contributed by atoms with E-state index in [0.717, 1.165) is 31.1 Å². The highest BCUT2D eigenvalue weighted by Crippen LogP contribution is 2.25. The van der Waals surface area contributed by atoms with Crippen molar-refractivity contribution < 1.29 is 5.11 Å². The van der Waals surface area contributed by atoms with Crippen molar-refractivity contribution in [3.8, 4) is 0 Å². The first kappa shape index (κ1) is 17.5. The topological polar surface area (TPSA) is 106 Å². The molecular formula is C19H21N5O2S. The Hall–Kier alpha value is -2.87. The van der Waals surface area contributed by atoms with Crippen LogP contribution < -0.4 is 21.3 Å². The predicted molar refractivity (Wildman–Crippen MR) is 109 cm³/mol. The highest BCUT2D eigenvalue weighted by molar-refractivity contribution is 7.17. The summed E-state index contributed by atoms with van der Waals surface area (Å²) in [5.74, 6) is 0.346. The standard InChI is InChI=1S/C19H21N5O2S/c1-2-3-8-13(20)24-12-9-10-21-18-14(12)15(23-19(24)26)16(27-18)17(25)22-11-6-4-5-7-11/h2-3,8-11,22,25H,4-7,20H2,1H3/b3-2-,13-8+,17-16?. The minimum absolute atomic E-state index is 0.0632. The van der Waals surface area contributed by atoms with Crippen LogP contribution in [0.3, 0.4) is 0 Å². The normalized spacial score (nSPS) is 17.4. The monoisotopic (exact) mass is 383 g/mol. The maximum atomic E-state index is 12.7. The third-order valence-electron chi connectivity index (χ3n) is 4.81. The summed E-state index contributed by atoms with van der Waals surface area (Å²) in [7, 11) is 0. The van der Waals surface area contributed by atoms with E-state index >= 15 is 0 Å². The lowest BCUT2D eigenvalue weighted by atomic mass is 10.2. The van der Waals surface area contributed by atoms with Gasteiger partial charge in [-0.3, -0.25) is 0 Å². The molecule has 0 radical (unpaired) electrons. The van der Waals surface area contributed by atoms with Gasteiger partial charge in [0, 0.05) is 12.2 Å². The molecule has 140 valence electrons. The molecule has 0 atom stereocenters. The van der Waals surface area contributed by atoms with Crippen LogP contribution in [0.15, 0.2) is 35.3 Å². The SMILES string of the molecule is C/C=C\C=C(/N)n1c(=O)nc2c(=C(O)NC3CCCC3)sc3nccc1c32. The summed E-state index contributed by atoms with van der Waals surface area (Å²) < 4.78 is 1.91. The van der Waals surface area contributed by atoms with Crippen LogP contribution in [0.2, 0.25) is 0 Å². The number of aliphatic hydroxyl groups is 1. The van der Waals surface area contributed by atoms with E-state index in [2.05, 4.69) is 15.3 Å².